The van der Waals surface area contributed by atoms with Crippen LogP contribution in [0.1, 0.15) is 59.9 Å². The fraction of sp³-hybridized carbons (Fsp3) is 0.133. The average Bonchev–Trinajstić information content (AvgIpc) is 3.62. The molecule has 1 unspecified atom stereocenters. The Morgan fingerprint density at radius 2 is 1.54 bits per heavy atom. The van der Waals surface area contributed by atoms with Crippen LogP contribution in [0.25, 0.3) is 0 Å². The Bertz CT molecular complexity index is 1590. The summed E-state index contributed by atoms with van der Waals surface area (Å²) in [6, 6.07) is 20.9. The summed E-state index contributed by atoms with van der Waals surface area (Å²) in [5.74, 6) is -2.19. The van der Waals surface area contributed by atoms with Crippen LogP contribution in [0.2, 0.25) is 0 Å². The highest BCUT2D eigenvalue weighted by Gasteiger charge is 2.73. The second kappa shape index (κ2) is 7.67. The second-order valence-corrected chi connectivity index (χ2v) is 9.54. The van der Waals surface area contributed by atoms with Crippen LogP contribution in [0.5, 0.6) is 0 Å². The van der Waals surface area contributed by atoms with E-state index < -0.39 is 29.2 Å². The molecule has 37 heavy (non-hydrogen) atoms. The third-order valence-electron chi connectivity index (χ3n) is 7.82. The molecule has 7 heteroatoms. The Morgan fingerprint density at radius 1 is 0.865 bits per heavy atom. The SMILES string of the molecule is O=C(c1ccc(F)cc1)[C@@H]1[C@@H](c2ccco2)C2(C(=O)c3ccccc3C2=O)C2c3ccccc3C=NN21. The summed E-state index contributed by atoms with van der Waals surface area (Å²) in [7, 11) is 0. The predicted octanol–water partition coefficient (Wildman–Crippen LogP) is 5.22. The van der Waals surface area contributed by atoms with Crippen LogP contribution in [0.3, 0.4) is 0 Å². The molecule has 3 heterocycles. The summed E-state index contributed by atoms with van der Waals surface area (Å²) in [6.45, 7) is 0. The van der Waals surface area contributed by atoms with Crippen molar-refractivity contribution in [3.8, 4) is 0 Å². The van der Waals surface area contributed by atoms with Gasteiger partial charge in [0.1, 0.15) is 23.0 Å². The molecule has 1 aromatic heterocycles. The Labute approximate surface area is 211 Å². The highest BCUT2D eigenvalue weighted by Crippen LogP contribution is 2.64. The number of benzene rings is 3. The molecule has 1 aliphatic carbocycles. The van der Waals surface area contributed by atoms with E-state index in [2.05, 4.69) is 5.10 Å². The molecule has 4 aromatic rings. The van der Waals surface area contributed by atoms with Gasteiger partial charge in [0.2, 0.25) is 0 Å². The Balaban J connectivity index is 1.54. The van der Waals surface area contributed by atoms with Gasteiger partial charge in [0, 0.05) is 16.7 Å². The highest BCUT2D eigenvalue weighted by molar-refractivity contribution is 6.31. The predicted molar refractivity (Wildman–Crippen MR) is 132 cm³/mol. The van der Waals surface area contributed by atoms with Crippen molar-refractivity contribution in [2.24, 2.45) is 10.5 Å². The normalized spacial score (nSPS) is 22.7. The number of hydrogen-bond acceptors (Lipinski definition) is 6. The highest BCUT2D eigenvalue weighted by atomic mass is 19.1. The first kappa shape index (κ1) is 21.6. The van der Waals surface area contributed by atoms with Crippen molar-refractivity contribution in [2.45, 2.75) is 18.0 Å². The zero-order chi connectivity index (χ0) is 25.3. The molecular weight excluding hydrogens is 471 g/mol. The third-order valence-corrected chi connectivity index (χ3v) is 7.82. The Kier molecular flexibility index (Phi) is 4.48. The number of ketones is 3. The molecule has 0 bridgehead atoms. The van der Waals surface area contributed by atoms with Crippen LogP contribution in [-0.4, -0.2) is 34.6 Å². The zero-order valence-electron chi connectivity index (χ0n) is 19.4. The maximum atomic E-state index is 14.4. The van der Waals surface area contributed by atoms with Crippen LogP contribution in [-0.2, 0) is 0 Å². The lowest BCUT2D eigenvalue weighted by molar-refractivity contribution is 0.0579. The van der Waals surface area contributed by atoms with Crippen LogP contribution in [0.4, 0.5) is 4.39 Å². The molecule has 0 saturated carbocycles. The number of Topliss-reactive ketones (excluding diaryl/α,β-unsaturated/α-hetero) is 3. The molecule has 180 valence electrons. The second-order valence-electron chi connectivity index (χ2n) is 9.54. The van der Waals surface area contributed by atoms with Crippen molar-refractivity contribution in [3.63, 3.8) is 0 Å². The minimum atomic E-state index is -1.68. The molecule has 3 aliphatic rings. The molecule has 6 nitrogen and oxygen atoms in total. The number of hydrazone groups is 1. The minimum absolute atomic E-state index is 0.253. The van der Waals surface area contributed by atoms with Gasteiger partial charge in [-0.1, -0.05) is 48.5 Å². The van der Waals surface area contributed by atoms with Gasteiger partial charge in [-0.3, -0.25) is 19.4 Å². The summed E-state index contributed by atoms with van der Waals surface area (Å²) < 4.78 is 19.5. The number of fused-ring (bicyclic) bond motifs is 5. The number of furan rings is 1. The lowest BCUT2D eigenvalue weighted by Gasteiger charge is -2.36. The quantitative estimate of drug-likeness (QED) is 0.291. The third kappa shape index (κ3) is 2.74. The molecule has 3 atom stereocenters. The van der Waals surface area contributed by atoms with E-state index in [1.165, 1.54) is 30.5 Å². The van der Waals surface area contributed by atoms with E-state index in [4.69, 9.17) is 4.42 Å². The molecule has 3 aromatic carbocycles. The molecule has 7 rings (SSSR count). The van der Waals surface area contributed by atoms with Crippen molar-refractivity contribution >= 4 is 23.6 Å². The lowest BCUT2D eigenvalue weighted by atomic mass is 9.64. The average molecular weight is 490 g/mol. The summed E-state index contributed by atoms with van der Waals surface area (Å²) in [4.78, 5) is 43.1. The van der Waals surface area contributed by atoms with E-state index in [1.54, 1.807) is 47.6 Å². The Hall–Kier alpha value is -4.65. The number of nitrogens with zero attached hydrogens (tertiary/aromatic N) is 2. The van der Waals surface area contributed by atoms with Gasteiger partial charge in [-0.05, 0) is 47.5 Å². The molecule has 0 radical (unpaired) electrons. The molecular formula is C30H19FN2O4. The maximum Gasteiger partial charge on any atom is 0.187 e. The van der Waals surface area contributed by atoms with E-state index in [0.29, 0.717) is 16.9 Å². The smallest absolute Gasteiger partial charge is 0.187 e. The van der Waals surface area contributed by atoms with Gasteiger partial charge in [-0.15, -0.1) is 0 Å². The van der Waals surface area contributed by atoms with Crippen LogP contribution < -0.4 is 0 Å². The van der Waals surface area contributed by atoms with Crippen molar-refractivity contribution < 1.29 is 23.2 Å². The monoisotopic (exact) mass is 490 g/mol. The molecule has 1 fully saturated rings. The van der Waals surface area contributed by atoms with Crippen molar-refractivity contribution in [1.82, 2.24) is 5.01 Å². The van der Waals surface area contributed by atoms with Crippen LogP contribution in [0.15, 0.2) is 101 Å². The van der Waals surface area contributed by atoms with Crippen LogP contribution >= 0.6 is 0 Å². The Morgan fingerprint density at radius 3 is 2.22 bits per heavy atom. The molecule has 1 saturated heterocycles. The van der Waals surface area contributed by atoms with E-state index in [1.807, 2.05) is 24.3 Å². The summed E-state index contributed by atoms with van der Waals surface area (Å²) in [5.41, 5.74) is 0.723. The summed E-state index contributed by atoms with van der Waals surface area (Å²) in [5, 5.41) is 6.24. The molecule has 2 aliphatic heterocycles. The summed E-state index contributed by atoms with van der Waals surface area (Å²) >= 11 is 0. The molecule has 0 N–H and O–H groups in total. The van der Waals surface area contributed by atoms with Gasteiger partial charge in [-0.2, -0.15) is 5.10 Å². The van der Waals surface area contributed by atoms with Gasteiger partial charge in [-0.25, -0.2) is 4.39 Å². The zero-order valence-corrected chi connectivity index (χ0v) is 19.4. The number of carbonyl (C=O) groups excluding carboxylic acids is 3. The fourth-order valence-corrected chi connectivity index (χ4v) is 6.34. The summed E-state index contributed by atoms with van der Waals surface area (Å²) in [6.07, 6.45) is 3.11. The van der Waals surface area contributed by atoms with Gasteiger partial charge in [0.15, 0.2) is 17.3 Å². The first-order valence-electron chi connectivity index (χ1n) is 12.0. The lowest BCUT2D eigenvalue weighted by Crippen LogP contribution is -2.43. The number of halogens is 1. The van der Waals surface area contributed by atoms with Gasteiger partial charge < -0.3 is 4.42 Å². The first-order chi connectivity index (χ1) is 18.0. The van der Waals surface area contributed by atoms with Crippen molar-refractivity contribution in [3.05, 3.63) is 131 Å². The molecule has 0 amide bonds. The van der Waals surface area contributed by atoms with Crippen molar-refractivity contribution in [2.75, 3.05) is 0 Å². The van der Waals surface area contributed by atoms with E-state index in [0.717, 1.165) is 11.1 Å². The van der Waals surface area contributed by atoms with E-state index in [-0.39, 0.29) is 22.9 Å². The van der Waals surface area contributed by atoms with Gasteiger partial charge >= 0.3 is 0 Å². The van der Waals surface area contributed by atoms with Gasteiger partial charge in [0.25, 0.3) is 0 Å². The number of rotatable bonds is 3. The van der Waals surface area contributed by atoms with E-state index in [9.17, 15) is 18.8 Å². The number of carbonyl (C=O) groups is 3. The molecule has 1 spiro atoms. The van der Waals surface area contributed by atoms with E-state index >= 15 is 0 Å². The van der Waals surface area contributed by atoms with Crippen LogP contribution in [0, 0.1) is 11.2 Å². The largest absolute Gasteiger partial charge is 0.469 e. The standard InChI is InChI=1S/C30H19FN2O4/c31-19-13-11-17(12-14-19)26(34)25-24(23-10-5-15-37-23)30(28(35)21-8-3-4-9-22(21)29(30)36)27-20-7-2-1-6-18(20)16-32-33(25)27/h1-16,24-25,27H/t24-,25+,27?/m1/s1. The maximum absolute atomic E-state index is 14.4. The van der Waals surface area contributed by atoms with Crippen molar-refractivity contribution in [1.29, 1.82) is 0 Å². The first-order valence-corrected chi connectivity index (χ1v) is 12.0. The number of hydrogen-bond donors (Lipinski definition) is 0. The topological polar surface area (TPSA) is 79.9 Å². The van der Waals surface area contributed by atoms with Gasteiger partial charge in [0.05, 0.1) is 24.4 Å². The fourth-order valence-electron chi connectivity index (χ4n) is 6.34. The minimum Gasteiger partial charge on any atom is -0.469 e.